The fourth-order valence-electron chi connectivity index (χ4n) is 3.65. The number of benzodiazepines with no additional fused rings is 1. The van der Waals surface area contributed by atoms with Crippen LogP contribution in [0.4, 0.5) is 10.1 Å². The Morgan fingerprint density at radius 2 is 1.84 bits per heavy atom. The minimum Gasteiger partial charge on any atom is -0.321 e. The van der Waals surface area contributed by atoms with E-state index in [9.17, 15) is 14.0 Å². The van der Waals surface area contributed by atoms with E-state index in [0.717, 1.165) is 0 Å². The minimum atomic E-state index is -1.27. The number of aromatic nitrogens is 3. The molecule has 158 valence electrons. The van der Waals surface area contributed by atoms with Crippen molar-refractivity contribution in [2.75, 3.05) is 11.9 Å². The number of aliphatic imine (C=N–C) groups is 1. The quantitative estimate of drug-likeness (QED) is 0.524. The first-order chi connectivity index (χ1) is 15.5. The normalized spacial score (nSPS) is 15.8. The van der Waals surface area contributed by atoms with Crippen LogP contribution in [0.5, 0.6) is 0 Å². The van der Waals surface area contributed by atoms with Gasteiger partial charge in [0, 0.05) is 23.6 Å². The van der Waals surface area contributed by atoms with Crippen LogP contribution in [-0.2, 0) is 4.79 Å². The summed E-state index contributed by atoms with van der Waals surface area (Å²) < 4.78 is 14.7. The number of anilines is 1. The molecule has 2 aromatic heterocycles. The van der Waals surface area contributed by atoms with Crippen molar-refractivity contribution in [3.63, 3.8) is 0 Å². The third-order valence-corrected chi connectivity index (χ3v) is 5.30. The molecule has 1 unspecified atom stereocenters. The predicted octanol–water partition coefficient (Wildman–Crippen LogP) is 2.67. The van der Waals surface area contributed by atoms with Gasteiger partial charge in [-0.1, -0.05) is 30.3 Å². The smallest absolute Gasteiger partial charge is 0.272 e. The third-order valence-electron chi connectivity index (χ3n) is 5.30. The molecule has 0 aliphatic carbocycles. The highest BCUT2D eigenvalue weighted by Gasteiger charge is 2.32. The van der Waals surface area contributed by atoms with Crippen LogP contribution >= 0.6 is 0 Å². The molecule has 0 saturated carbocycles. The molecule has 0 fully saturated rings. The molecule has 8 nitrogen and oxygen atoms in total. The van der Waals surface area contributed by atoms with E-state index >= 15 is 0 Å². The van der Waals surface area contributed by atoms with Crippen LogP contribution in [0.25, 0.3) is 10.9 Å². The van der Waals surface area contributed by atoms with Gasteiger partial charge in [-0.25, -0.2) is 14.4 Å². The van der Waals surface area contributed by atoms with Gasteiger partial charge in [-0.3, -0.25) is 14.7 Å². The lowest BCUT2D eigenvalue weighted by Gasteiger charge is -2.20. The van der Waals surface area contributed by atoms with Crippen LogP contribution in [0.15, 0.2) is 72.0 Å². The van der Waals surface area contributed by atoms with Crippen molar-refractivity contribution in [2.45, 2.75) is 6.17 Å². The summed E-state index contributed by atoms with van der Waals surface area (Å²) in [4.78, 5) is 36.1. The standard InChI is InChI=1S/C23H17FN6O2/c1-30-19-9-5-3-7-15(19)20(14-6-2-4-8-16(14)24)27-21(23(30)32)28-22(31)17-10-13-11-26-29-18(13)12-25-17/h2-12,21H,1H3,(H,26,29)(H,28,31). The zero-order chi connectivity index (χ0) is 22.2. The van der Waals surface area contributed by atoms with Gasteiger partial charge in [0.05, 0.1) is 29.3 Å². The SMILES string of the molecule is CN1C(=O)C(NC(=O)c2cc3cn[nH]c3cn2)N=C(c2ccccc2F)c2ccccc21. The van der Waals surface area contributed by atoms with Crippen molar-refractivity contribution >= 4 is 34.1 Å². The first-order valence-electron chi connectivity index (χ1n) is 9.82. The third kappa shape index (κ3) is 3.29. The lowest BCUT2D eigenvalue weighted by molar-refractivity contribution is -0.119. The molecule has 9 heteroatoms. The first kappa shape index (κ1) is 19.6. The number of halogens is 1. The number of carbonyl (C=O) groups is 2. The molecule has 3 heterocycles. The number of para-hydroxylation sites is 1. The number of amides is 2. The Balaban J connectivity index is 1.58. The van der Waals surface area contributed by atoms with Gasteiger partial charge in [0.2, 0.25) is 6.17 Å². The van der Waals surface area contributed by atoms with Crippen LogP contribution in [0.1, 0.15) is 21.6 Å². The summed E-state index contributed by atoms with van der Waals surface area (Å²) in [6.07, 6.45) is 1.79. The molecule has 2 aromatic carbocycles. The Kier molecular flexibility index (Phi) is 4.70. The summed E-state index contributed by atoms with van der Waals surface area (Å²) in [5.74, 6) is -1.51. The predicted molar refractivity (Wildman–Crippen MR) is 117 cm³/mol. The van der Waals surface area contributed by atoms with Gasteiger partial charge < -0.3 is 10.2 Å². The van der Waals surface area contributed by atoms with Crippen molar-refractivity contribution in [1.29, 1.82) is 0 Å². The largest absolute Gasteiger partial charge is 0.321 e. The van der Waals surface area contributed by atoms with Crippen LogP contribution < -0.4 is 10.2 Å². The second-order valence-electron chi connectivity index (χ2n) is 7.27. The Labute approximate surface area is 181 Å². The fourth-order valence-corrected chi connectivity index (χ4v) is 3.65. The topological polar surface area (TPSA) is 103 Å². The molecule has 2 amide bonds. The molecular weight excluding hydrogens is 411 g/mol. The number of rotatable bonds is 3. The number of carbonyl (C=O) groups excluding carboxylic acids is 2. The maximum Gasteiger partial charge on any atom is 0.272 e. The number of fused-ring (bicyclic) bond motifs is 2. The van der Waals surface area contributed by atoms with Crippen molar-refractivity contribution < 1.29 is 14.0 Å². The molecule has 0 bridgehead atoms. The maximum absolute atomic E-state index is 14.7. The minimum absolute atomic E-state index is 0.110. The number of aromatic amines is 1. The zero-order valence-corrected chi connectivity index (χ0v) is 16.9. The van der Waals surface area contributed by atoms with Crippen molar-refractivity contribution in [1.82, 2.24) is 20.5 Å². The van der Waals surface area contributed by atoms with E-state index in [1.165, 1.54) is 17.2 Å². The Morgan fingerprint density at radius 3 is 2.66 bits per heavy atom. The Hall–Kier alpha value is -4.40. The van der Waals surface area contributed by atoms with E-state index in [0.29, 0.717) is 22.2 Å². The summed E-state index contributed by atoms with van der Waals surface area (Å²) in [7, 11) is 1.59. The second kappa shape index (κ2) is 7.69. The number of hydrogen-bond donors (Lipinski definition) is 2. The monoisotopic (exact) mass is 428 g/mol. The molecular formula is C23H17FN6O2. The summed E-state index contributed by atoms with van der Waals surface area (Å²) in [6, 6.07) is 14.8. The highest BCUT2D eigenvalue weighted by Crippen LogP contribution is 2.28. The lowest BCUT2D eigenvalue weighted by Crippen LogP contribution is -2.46. The van der Waals surface area contributed by atoms with E-state index in [-0.39, 0.29) is 17.0 Å². The van der Waals surface area contributed by atoms with Gasteiger partial charge in [0.15, 0.2) is 0 Å². The van der Waals surface area contributed by atoms with Gasteiger partial charge >= 0.3 is 0 Å². The molecule has 1 atom stereocenters. The van der Waals surface area contributed by atoms with Gasteiger partial charge in [-0.15, -0.1) is 0 Å². The van der Waals surface area contributed by atoms with Gasteiger partial charge in [0.25, 0.3) is 11.8 Å². The summed E-state index contributed by atoms with van der Waals surface area (Å²) >= 11 is 0. The number of H-pyrrole nitrogens is 1. The van der Waals surface area contributed by atoms with Gasteiger partial charge in [-0.2, -0.15) is 5.10 Å². The number of benzene rings is 2. The highest BCUT2D eigenvalue weighted by molar-refractivity contribution is 6.20. The van der Waals surface area contributed by atoms with E-state index in [1.54, 1.807) is 61.8 Å². The van der Waals surface area contributed by atoms with Crippen LogP contribution in [-0.4, -0.2) is 45.9 Å². The molecule has 2 N–H and O–H groups in total. The van der Waals surface area contributed by atoms with Crippen molar-refractivity contribution in [2.24, 2.45) is 4.99 Å². The fraction of sp³-hybridized carbons (Fsp3) is 0.0870. The Bertz CT molecular complexity index is 1400. The Morgan fingerprint density at radius 1 is 1.09 bits per heavy atom. The maximum atomic E-state index is 14.7. The number of nitrogens with one attached hydrogen (secondary N) is 2. The molecule has 0 spiro atoms. The van der Waals surface area contributed by atoms with E-state index in [2.05, 4.69) is 25.5 Å². The second-order valence-corrected chi connectivity index (χ2v) is 7.27. The average Bonchev–Trinajstić information content (AvgIpc) is 3.26. The number of hydrogen-bond acceptors (Lipinski definition) is 5. The molecule has 4 aromatic rings. The average molecular weight is 428 g/mol. The van der Waals surface area contributed by atoms with Crippen LogP contribution in [0.2, 0.25) is 0 Å². The molecule has 0 saturated heterocycles. The molecule has 1 aliphatic rings. The van der Waals surface area contributed by atoms with Gasteiger partial charge in [0.1, 0.15) is 11.5 Å². The van der Waals surface area contributed by atoms with Gasteiger partial charge in [-0.05, 0) is 24.3 Å². The number of nitrogens with zero attached hydrogens (tertiary/aromatic N) is 4. The summed E-state index contributed by atoms with van der Waals surface area (Å²) in [5.41, 5.74) is 2.46. The van der Waals surface area contributed by atoms with Crippen molar-refractivity contribution in [3.8, 4) is 0 Å². The van der Waals surface area contributed by atoms with E-state index in [4.69, 9.17) is 0 Å². The molecule has 0 radical (unpaired) electrons. The highest BCUT2D eigenvalue weighted by atomic mass is 19.1. The summed E-state index contributed by atoms with van der Waals surface area (Å²) in [5, 5.41) is 10.0. The van der Waals surface area contributed by atoms with Crippen LogP contribution in [0, 0.1) is 5.82 Å². The molecule has 32 heavy (non-hydrogen) atoms. The number of pyridine rings is 1. The first-order valence-corrected chi connectivity index (χ1v) is 9.82. The van der Waals surface area contributed by atoms with Crippen LogP contribution in [0.3, 0.4) is 0 Å². The zero-order valence-electron chi connectivity index (χ0n) is 16.9. The lowest BCUT2D eigenvalue weighted by atomic mass is 10.00. The van der Waals surface area contributed by atoms with E-state index in [1.807, 2.05) is 0 Å². The molecule has 5 rings (SSSR count). The van der Waals surface area contributed by atoms with E-state index < -0.39 is 23.8 Å². The summed E-state index contributed by atoms with van der Waals surface area (Å²) in [6.45, 7) is 0. The van der Waals surface area contributed by atoms with Crippen molar-refractivity contribution in [3.05, 3.63) is 89.6 Å². The molecule has 1 aliphatic heterocycles. The number of likely N-dealkylation sites (N-methyl/N-ethyl adjacent to an activating group) is 1.